The monoisotopic (exact) mass is 473 g/mol. The van der Waals surface area contributed by atoms with Gasteiger partial charge < -0.3 is 10.1 Å². The third kappa shape index (κ3) is 4.39. The molecule has 1 N–H and O–H groups in total. The molecule has 1 aliphatic rings. The number of rotatable bonds is 5. The van der Waals surface area contributed by atoms with E-state index in [-0.39, 0.29) is 11.8 Å². The van der Waals surface area contributed by atoms with Gasteiger partial charge in [-0.2, -0.15) is 9.78 Å². The van der Waals surface area contributed by atoms with Crippen molar-refractivity contribution in [2.24, 2.45) is 0 Å². The highest BCUT2D eigenvalue weighted by molar-refractivity contribution is 6.30. The predicted molar refractivity (Wildman–Crippen MR) is 131 cm³/mol. The molecule has 172 valence electrons. The van der Waals surface area contributed by atoms with Crippen molar-refractivity contribution in [1.29, 1.82) is 0 Å². The maximum Gasteiger partial charge on any atom is 0.252 e. The lowest BCUT2D eigenvalue weighted by molar-refractivity contribution is -0.116. The Bertz CT molecular complexity index is 1340. The second kappa shape index (κ2) is 8.91. The van der Waals surface area contributed by atoms with Gasteiger partial charge in [0.1, 0.15) is 18.2 Å². The largest absolute Gasteiger partial charge is 0.489 e. The second-order valence-corrected chi connectivity index (χ2v) is 8.94. The third-order valence-corrected chi connectivity index (χ3v) is 6.12. The molecule has 3 heterocycles. The molecule has 0 aliphatic carbocycles. The van der Waals surface area contributed by atoms with Crippen LogP contribution in [0.3, 0.4) is 0 Å². The molecule has 0 bridgehead atoms. The molecule has 1 amide bonds. The Morgan fingerprint density at radius 1 is 1.03 bits per heavy atom. The second-order valence-electron chi connectivity index (χ2n) is 8.50. The number of fused-ring (bicyclic) bond motifs is 1. The van der Waals surface area contributed by atoms with E-state index in [1.54, 1.807) is 4.68 Å². The van der Waals surface area contributed by atoms with Crippen molar-refractivity contribution in [1.82, 2.24) is 19.7 Å². The molecule has 2 aromatic heterocycles. The van der Waals surface area contributed by atoms with E-state index in [0.29, 0.717) is 29.8 Å². The molecule has 0 saturated carbocycles. The molecule has 2 aromatic carbocycles. The Labute approximate surface area is 202 Å². The average Bonchev–Trinajstić information content (AvgIpc) is 3.14. The minimum Gasteiger partial charge on any atom is -0.489 e. The number of hydrogen-bond acceptors (Lipinski definition) is 5. The highest BCUT2D eigenvalue weighted by Gasteiger charge is 2.33. The van der Waals surface area contributed by atoms with Crippen LogP contribution in [-0.4, -0.2) is 25.7 Å². The Hall–Kier alpha value is -3.71. The third-order valence-electron chi connectivity index (χ3n) is 5.86. The van der Waals surface area contributed by atoms with Crippen LogP contribution in [0.15, 0.2) is 54.6 Å². The first-order valence-corrected chi connectivity index (χ1v) is 11.4. The van der Waals surface area contributed by atoms with E-state index >= 15 is 0 Å². The zero-order chi connectivity index (χ0) is 23.8. The van der Waals surface area contributed by atoms with Gasteiger partial charge in [-0.1, -0.05) is 35.9 Å². The Balaban J connectivity index is 1.42. The number of carbonyl (C=O) groups excluding carboxylic acids is 1. The quantitative estimate of drug-likeness (QED) is 0.425. The molecule has 5 rings (SSSR count). The molecule has 1 unspecified atom stereocenters. The summed E-state index contributed by atoms with van der Waals surface area (Å²) in [7, 11) is 0. The maximum atomic E-state index is 12.7. The van der Waals surface area contributed by atoms with Crippen molar-refractivity contribution in [3.05, 3.63) is 93.4 Å². The molecule has 0 saturated heterocycles. The van der Waals surface area contributed by atoms with Gasteiger partial charge in [0, 0.05) is 34.3 Å². The van der Waals surface area contributed by atoms with Gasteiger partial charge in [0.2, 0.25) is 5.91 Å². The molecule has 4 aromatic rings. The van der Waals surface area contributed by atoms with Crippen LogP contribution in [0.4, 0.5) is 5.82 Å². The smallest absolute Gasteiger partial charge is 0.252 e. The van der Waals surface area contributed by atoms with Gasteiger partial charge >= 0.3 is 0 Å². The van der Waals surface area contributed by atoms with Gasteiger partial charge in [-0.15, -0.1) is 0 Å². The maximum absolute atomic E-state index is 12.7. The van der Waals surface area contributed by atoms with Crippen molar-refractivity contribution in [3.8, 4) is 11.7 Å². The first-order chi connectivity index (χ1) is 16.4. The van der Waals surface area contributed by atoms with E-state index in [1.807, 2.05) is 75.4 Å². The fourth-order valence-electron chi connectivity index (χ4n) is 4.32. The van der Waals surface area contributed by atoms with Crippen LogP contribution in [-0.2, 0) is 11.4 Å². The van der Waals surface area contributed by atoms with Crippen molar-refractivity contribution in [2.75, 3.05) is 5.32 Å². The van der Waals surface area contributed by atoms with Crippen LogP contribution >= 0.6 is 11.6 Å². The molecule has 1 atom stereocenters. The van der Waals surface area contributed by atoms with Gasteiger partial charge in [0.05, 0.1) is 5.69 Å². The number of aromatic nitrogens is 4. The zero-order valence-corrected chi connectivity index (χ0v) is 19.9. The fourth-order valence-corrected chi connectivity index (χ4v) is 4.45. The van der Waals surface area contributed by atoms with Gasteiger partial charge in [-0.05, 0) is 62.2 Å². The average molecular weight is 474 g/mol. The van der Waals surface area contributed by atoms with E-state index in [0.717, 1.165) is 39.5 Å². The Kier molecular flexibility index (Phi) is 5.79. The van der Waals surface area contributed by atoms with Crippen LogP contribution in [0.2, 0.25) is 5.02 Å². The van der Waals surface area contributed by atoms with Gasteiger partial charge in [0.15, 0.2) is 0 Å². The summed E-state index contributed by atoms with van der Waals surface area (Å²) in [4.78, 5) is 21.7. The van der Waals surface area contributed by atoms with Crippen LogP contribution in [0, 0.1) is 20.8 Å². The fraction of sp³-hybridized carbons (Fsp3) is 0.231. The number of anilines is 1. The summed E-state index contributed by atoms with van der Waals surface area (Å²) in [5, 5.41) is 8.37. The number of carbonyl (C=O) groups is 1. The van der Waals surface area contributed by atoms with Crippen molar-refractivity contribution >= 4 is 23.3 Å². The summed E-state index contributed by atoms with van der Waals surface area (Å²) in [6.07, 6.45) is 0.345. The number of halogens is 1. The van der Waals surface area contributed by atoms with Gasteiger partial charge in [-0.3, -0.25) is 4.79 Å². The highest BCUT2D eigenvalue weighted by atomic mass is 35.5. The van der Waals surface area contributed by atoms with Crippen molar-refractivity contribution in [2.45, 2.75) is 39.7 Å². The lowest BCUT2D eigenvalue weighted by atomic mass is 9.86. The first-order valence-electron chi connectivity index (χ1n) is 11.1. The van der Waals surface area contributed by atoms with Crippen LogP contribution < -0.4 is 10.1 Å². The lowest BCUT2D eigenvalue weighted by Gasteiger charge is -2.24. The number of nitrogens with zero attached hydrogens (tertiary/aromatic N) is 4. The summed E-state index contributed by atoms with van der Waals surface area (Å²) < 4.78 is 7.55. The van der Waals surface area contributed by atoms with Crippen molar-refractivity contribution < 1.29 is 9.53 Å². The Morgan fingerprint density at radius 2 is 1.71 bits per heavy atom. The SMILES string of the molecule is Cc1cc(C)nc(-n2nc(C)c3c2NC(=O)CC3c2ccc(OCc3ccc(Cl)cc3)cc2)n1. The summed E-state index contributed by atoms with van der Waals surface area (Å²) >= 11 is 5.95. The van der Waals surface area contributed by atoms with E-state index in [9.17, 15) is 4.79 Å². The number of hydrogen-bond donors (Lipinski definition) is 1. The Morgan fingerprint density at radius 3 is 2.38 bits per heavy atom. The molecule has 8 heteroatoms. The number of amides is 1. The predicted octanol–water partition coefficient (Wildman–Crippen LogP) is 5.29. The minimum atomic E-state index is -0.117. The first kappa shape index (κ1) is 22.1. The van der Waals surface area contributed by atoms with Crippen molar-refractivity contribution in [3.63, 3.8) is 0 Å². The molecule has 34 heavy (non-hydrogen) atoms. The van der Waals surface area contributed by atoms with Crippen LogP contribution in [0.1, 0.15) is 46.1 Å². The lowest BCUT2D eigenvalue weighted by Crippen LogP contribution is -2.25. The summed E-state index contributed by atoms with van der Waals surface area (Å²) in [5.41, 5.74) is 5.58. The molecule has 1 aliphatic heterocycles. The molecular formula is C26H24ClN5O2. The minimum absolute atomic E-state index is 0.0638. The molecular weight excluding hydrogens is 450 g/mol. The summed E-state index contributed by atoms with van der Waals surface area (Å²) in [5.74, 6) is 1.66. The normalized spacial score (nSPS) is 15.1. The summed E-state index contributed by atoms with van der Waals surface area (Å²) in [6, 6.07) is 17.4. The number of nitrogens with one attached hydrogen (secondary N) is 1. The van der Waals surface area contributed by atoms with E-state index < -0.39 is 0 Å². The molecule has 0 fully saturated rings. The summed E-state index contributed by atoms with van der Waals surface area (Å²) in [6.45, 7) is 6.23. The molecule has 0 radical (unpaired) electrons. The molecule has 7 nitrogen and oxygen atoms in total. The van der Waals surface area contributed by atoms with Crippen LogP contribution in [0.25, 0.3) is 5.95 Å². The van der Waals surface area contributed by atoms with Gasteiger partial charge in [0.25, 0.3) is 5.95 Å². The zero-order valence-electron chi connectivity index (χ0n) is 19.2. The van der Waals surface area contributed by atoms with E-state index in [1.165, 1.54) is 0 Å². The number of ether oxygens (including phenoxy) is 1. The van der Waals surface area contributed by atoms with E-state index in [4.69, 9.17) is 16.3 Å². The standard InChI is InChI=1S/C26H24ClN5O2/c1-15-12-16(2)29-26(28-15)32-25-24(17(3)31-32)22(13-23(33)30-25)19-6-10-21(11-7-19)34-14-18-4-8-20(27)9-5-18/h4-12,22H,13-14H2,1-3H3,(H,30,33). The number of aryl methyl sites for hydroxylation is 3. The number of benzene rings is 2. The topological polar surface area (TPSA) is 81.9 Å². The van der Waals surface area contributed by atoms with E-state index in [2.05, 4.69) is 20.4 Å². The van der Waals surface area contributed by atoms with Gasteiger partial charge in [-0.25, -0.2) is 9.97 Å². The highest BCUT2D eigenvalue weighted by Crippen LogP contribution is 2.40. The van der Waals surface area contributed by atoms with Crippen LogP contribution in [0.5, 0.6) is 5.75 Å². The molecule has 0 spiro atoms.